The summed E-state index contributed by atoms with van der Waals surface area (Å²) >= 11 is 0. The van der Waals surface area contributed by atoms with Crippen LogP contribution in [0.3, 0.4) is 0 Å². The number of hydrogen-bond donors (Lipinski definition) is 1. The SMILES string of the molecule is CCOC(=O)N1CC(N)=Nc2ccc(-c3ccc(C(=O)N4CCCC4)cc3)cc2C1. The highest BCUT2D eigenvalue weighted by Crippen LogP contribution is 2.30. The molecule has 0 aliphatic carbocycles. The standard InChI is InChI=1S/C23H26N4O3/c1-2-30-23(29)27-14-19-13-18(9-10-20(19)25-21(24)15-27)16-5-7-17(8-6-16)22(28)26-11-3-4-12-26/h5-10,13H,2-4,11-12,14-15H2,1H3,(H2,24,25). The lowest BCUT2D eigenvalue weighted by Gasteiger charge is -2.20. The Bertz CT molecular complexity index is 978. The number of amides is 2. The highest BCUT2D eigenvalue weighted by Gasteiger charge is 2.22. The van der Waals surface area contributed by atoms with Crippen LogP contribution >= 0.6 is 0 Å². The summed E-state index contributed by atoms with van der Waals surface area (Å²) in [6.45, 7) is 4.37. The summed E-state index contributed by atoms with van der Waals surface area (Å²) in [5, 5.41) is 0. The fourth-order valence-electron chi connectivity index (χ4n) is 3.90. The maximum atomic E-state index is 12.6. The summed E-state index contributed by atoms with van der Waals surface area (Å²) in [5.74, 6) is 0.468. The minimum Gasteiger partial charge on any atom is -0.450 e. The topological polar surface area (TPSA) is 88.2 Å². The molecule has 2 heterocycles. The number of carbonyl (C=O) groups is 2. The van der Waals surface area contributed by atoms with E-state index in [9.17, 15) is 9.59 Å². The Morgan fingerprint density at radius 3 is 2.40 bits per heavy atom. The van der Waals surface area contributed by atoms with Crippen molar-refractivity contribution in [2.24, 2.45) is 10.7 Å². The molecule has 7 heteroatoms. The van der Waals surface area contributed by atoms with Gasteiger partial charge in [-0.25, -0.2) is 9.79 Å². The van der Waals surface area contributed by atoms with Gasteiger partial charge in [-0.1, -0.05) is 18.2 Å². The van der Waals surface area contributed by atoms with Crippen molar-refractivity contribution in [1.29, 1.82) is 0 Å². The van der Waals surface area contributed by atoms with Gasteiger partial charge in [0.15, 0.2) is 0 Å². The maximum absolute atomic E-state index is 12.6. The summed E-state index contributed by atoms with van der Waals surface area (Å²) in [7, 11) is 0. The third-order valence-electron chi connectivity index (χ3n) is 5.44. The number of hydrogen-bond acceptors (Lipinski definition) is 5. The molecule has 2 N–H and O–H groups in total. The van der Waals surface area contributed by atoms with Gasteiger partial charge in [0.2, 0.25) is 0 Å². The Kier molecular flexibility index (Phi) is 5.70. The van der Waals surface area contributed by atoms with Gasteiger partial charge in [-0.05, 0) is 60.7 Å². The zero-order valence-corrected chi connectivity index (χ0v) is 17.1. The van der Waals surface area contributed by atoms with Crippen molar-refractivity contribution in [1.82, 2.24) is 9.80 Å². The van der Waals surface area contributed by atoms with Crippen molar-refractivity contribution in [3.05, 3.63) is 53.6 Å². The van der Waals surface area contributed by atoms with Crippen LogP contribution in [0.2, 0.25) is 0 Å². The summed E-state index contributed by atoms with van der Waals surface area (Å²) in [6, 6.07) is 13.6. The Hall–Kier alpha value is -3.35. The van der Waals surface area contributed by atoms with Gasteiger partial charge in [-0.2, -0.15) is 0 Å². The predicted molar refractivity (Wildman–Crippen MR) is 116 cm³/mol. The number of nitrogens with zero attached hydrogens (tertiary/aromatic N) is 3. The first-order valence-corrected chi connectivity index (χ1v) is 10.3. The lowest BCUT2D eigenvalue weighted by Crippen LogP contribution is -2.37. The summed E-state index contributed by atoms with van der Waals surface area (Å²) in [5.41, 5.74) is 10.3. The van der Waals surface area contributed by atoms with Crippen molar-refractivity contribution in [2.75, 3.05) is 26.2 Å². The number of rotatable bonds is 3. The second-order valence-electron chi connectivity index (χ2n) is 7.58. The van der Waals surface area contributed by atoms with Crippen LogP contribution in [0.4, 0.5) is 10.5 Å². The molecular formula is C23H26N4O3. The smallest absolute Gasteiger partial charge is 0.410 e. The average molecular weight is 406 g/mol. The molecule has 156 valence electrons. The first-order chi connectivity index (χ1) is 14.5. The van der Waals surface area contributed by atoms with E-state index >= 15 is 0 Å². The Balaban J connectivity index is 1.58. The Morgan fingerprint density at radius 2 is 1.70 bits per heavy atom. The molecule has 30 heavy (non-hydrogen) atoms. The molecule has 2 aliphatic heterocycles. The van der Waals surface area contributed by atoms with E-state index in [1.807, 2.05) is 47.4 Å². The summed E-state index contributed by atoms with van der Waals surface area (Å²) in [6.07, 6.45) is 1.75. The van der Waals surface area contributed by atoms with Crippen molar-refractivity contribution in [2.45, 2.75) is 26.3 Å². The van der Waals surface area contributed by atoms with Crippen LogP contribution in [-0.2, 0) is 11.3 Å². The average Bonchev–Trinajstić information content (AvgIpc) is 3.23. The van der Waals surface area contributed by atoms with Gasteiger partial charge >= 0.3 is 6.09 Å². The molecule has 7 nitrogen and oxygen atoms in total. The van der Waals surface area contributed by atoms with E-state index in [4.69, 9.17) is 10.5 Å². The second kappa shape index (κ2) is 8.57. The molecule has 2 amide bonds. The number of nitrogens with two attached hydrogens (primary N) is 1. The first-order valence-electron chi connectivity index (χ1n) is 10.3. The lowest BCUT2D eigenvalue weighted by atomic mass is 10.00. The monoisotopic (exact) mass is 406 g/mol. The molecule has 2 aliphatic rings. The van der Waals surface area contributed by atoms with Gasteiger partial charge in [0.25, 0.3) is 5.91 Å². The number of fused-ring (bicyclic) bond motifs is 1. The first kappa shape index (κ1) is 19.9. The molecule has 0 radical (unpaired) electrons. The van der Waals surface area contributed by atoms with Gasteiger partial charge < -0.3 is 15.4 Å². The Morgan fingerprint density at radius 1 is 1.00 bits per heavy atom. The summed E-state index contributed by atoms with van der Waals surface area (Å²) in [4.78, 5) is 32.7. The van der Waals surface area contributed by atoms with E-state index < -0.39 is 6.09 Å². The van der Waals surface area contributed by atoms with Crippen LogP contribution in [0.5, 0.6) is 0 Å². The highest BCUT2D eigenvalue weighted by atomic mass is 16.6. The molecule has 0 bridgehead atoms. The number of aliphatic imine (C=N–C) groups is 1. The van der Waals surface area contributed by atoms with Crippen molar-refractivity contribution in [3.63, 3.8) is 0 Å². The van der Waals surface area contributed by atoms with Crippen LogP contribution < -0.4 is 5.73 Å². The fourth-order valence-corrected chi connectivity index (χ4v) is 3.90. The van der Waals surface area contributed by atoms with E-state index in [0.717, 1.165) is 48.3 Å². The van der Waals surface area contributed by atoms with Crippen LogP contribution in [0.15, 0.2) is 47.5 Å². The molecule has 0 atom stereocenters. The third kappa shape index (κ3) is 4.15. The van der Waals surface area contributed by atoms with E-state index in [-0.39, 0.29) is 12.5 Å². The molecule has 1 saturated heterocycles. The van der Waals surface area contributed by atoms with E-state index in [1.165, 1.54) is 0 Å². The summed E-state index contributed by atoms with van der Waals surface area (Å²) < 4.78 is 5.13. The Labute approximate surface area is 176 Å². The minimum atomic E-state index is -0.404. The van der Waals surface area contributed by atoms with Gasteiger partial charge in [0.05, 0.1) is 25.4 Å². The van der Waals surface area contributed by atoms with E-state index in [0.29, 0.717) is 24.6 Å². The normalized spacial score (nSPS) is 16.0. The van der Waals surface area contributed by atoms with E-state index in [1.54, 1.807) is 11.8 Å². The highest BCUT2D eigenvalue weighted by molar-refractivity contribution is 5.95. The zero-order valence-electron chi connectivity index (χ0n) is 17.1. The zero-order chi connectivity index (χ0) is 21.1. The maximum Gasteiger partial charge on any atom is 0.410 e. The van der Waals surface area contributed by atoms with Gasteiger partial charge in [0, 0.05) is 18.7 Å². The molecule has 0 aromatic heterocycles. The molecular weight excluding hydrogens is 380 g/mol. The molecule has 0 unspecified atom stereocenters. The molecule has 2 aromatic carbocycles. The molecule has 1 fully saturated rings. The molecule has 2 aromatic rings. The minimum absolute atomic E-state index is 0.0934. The van der Waals surface area contributed by atoms with Gasteiger partial charge in [-0.15, -0.1) is 0 Å². The second-order valence-corrected chi connectivity index (χ2v) is 7.58. The van der Waals surface area contributed by atoms with Crippen molar-refractivity contribution >= 4 is 23.5 Å². The van der Waals surface area contributed by atoms with Crippen LogP contribution in [0.1, 0.15) is 35.7 Å². The van der Waals surface area contributed by atoms with Gasteiger partial charge in [0.1, 0.15) is 5.84 Å². The molecule has 0 saturated carbocycles. The fraction of sp³-hybridized carbons (Fsp3) is 0.348. The predicted octanol–water partition coefficient (Wildman–Crippen LogP) is 3.55. The van der Waals surface area contributed by atoms with Crippen LogP contribution in [0.25, 0.3) is 11.1 Å². The number of benzene rings is 2. The largest absolute Gasteiger partial charge is 0.450 e. The molecule has 4 rings (SSSR count). The quantitative estimate of drug-likeness (QED) is 0.844. The number of amidine groups is 1. The number of ether oxygens (including phenoxy) is 1. The lowest BCUT2D eigenvalue weighted by molar-refractivity contribution is 0.0792. The number of likely N-dealkylation sites (tertiary alicyclic amines) is 1. The van der Waals surface area contributed by atoms with Crippen molar-refractivity contribution < 1.29 is 14.3 Å². The van der Waals surface area contributed by atoms with Crippen LogP contribution in [-0.4, -0.2) is 53.9 Å². The van der Waals surface area contributed by atoms with Crippen molar-refractivity contribution in [3.8, 4) is 11.1 Å². The molecule has 0 spiro atoms. The third-order valence-corrected chi connectivity index (χ3v) is 5.44. The van der Waals surface area contributed by atoms with E-state index in [2.05, 4.69) is 4.99 Å². The van der Waals surface area contributed by atoms with Crippen LogP contribution in [0, 0.1) is 0 Å². The van der Waals surface area contributed by atoms with Gasteiger partial charge in [-0.3, -0.25) is 9.69 Å². The number of carbonyl (C=O) groups excluding carboxylic acids is 2.